The molecule has 2 aromatic heterocycles. The Morgan fingerprint density at radius 2 is 0.833 bits per heavy atom. The van der Waals surface area contributed by atoms with Crippen molar-refractivity contribution in [3.05, 3.63) is 182 Å². The Morgan fingerprint density at radius 3 is 1.56 bits per heavy atom. The fraction of sp³-hybridized carbons (Fsp3) is 0. The highest BCUT2D eigenvalue weighted by Gasteiger charge is 2.21. The van der Waals surface area contributed by atoms with E-state index in [0.717, 1.165) is 0 Å². The predicted octanol–water partition coefficient (Wildman–Crippen LogP) is 16.0. The van der Waals surface area contributed by atoms with Gasteiger partial charge in [-0.2, -0.15) is 0 Å². The summed E-state index contributed by atoms with van der Waals surface area (Å²) in [6.07, 6.45) is 0. The highest BCUT2D eigenvalue weighted by Crippen LogP contribution is 2.51. The van der Waals surface area contributed by atoms with Gasteiger partial charge in [-0.3, -0.25) is 0 Å². The average molecular weight is 719 g/mol. The van der Waals surface area contributed by atoms with E-state index >= 15 is 0 Å². The molecule has 0 bridgehead atoms. The Kier molecular flexibility index (Phi) is 6.48. The van der Waals surface area contributed by atoms with Crippen LogP contribution in [0.4, 0.5) is 0 Å². The van der Waals surface area contributed by atoms with Crippen molar-refractivity contribution >= 4 is 106 Å². The van der Waals surface area contributed by atoms with Crippen LogP contribution in [0.1, 0.15) is 0 Å². The zero-order valence-corrected chi connectivity index (χ0v) is 30.8. The van der Waals surface area contributed by atoms with E-state index in [1.807, 2.05) is 22.7 Å². The minimum atomic E-state index is 1.23. The maximum absolute atomic E-state index is 2.46. The lowest BCUT2D eigenvalue weighted by molar-refractivity contribution is 1.65. The molecule has 0 saturated carbocycles. The lowest BCUT2D eigenvalue weighted by atomic mass is 9.84. The monoisotopic (exact) mass is 718 g/mol. The minimum absolute atomic E-state index is 1.23. The Hall–Kier alpha value is -6.32. The van der Waals surface area contributed by atoms with Crippen LogP contribution in [0.2, 0.25) is 0 Å². The summed E-state index contributed by atoms with van der Waals surface area (Å²) in [6.45, 7) is 0. The molecule has 0 atom stereocenters. The lowest BCUT2D eigenvalue weighted by Gasteiger charge is -2.19. The van der Waals surface area contributed by atoms with Crippen LogP contribution >= 0.6 is 22.7 Å². The summed E-state index contributed by atoms with van der Waals surface area (Å²) in [5.74, 6) is 0. The Morgan fingerprint density at radius 1 is 0.278 bits per heavy atom. The number of thiophene rings is 2. The molecule has 0 aliphatic heterocycles. The Bertz CT molecular complexity index is 3430. The van der Waals surface area contributed by atoms with Crippen molar-refractivity contribution in [1.29, 1.82) is 0 Å². The topological polar surface area (TPSA) is 0 Å². The van der Waals surface area contributed by atoms with Crippen molar-refractivity contribution in [3.63, 3.8) is 0 Å². The molecule has 0 aliphatic rings. The van der Waals surface area contributed by atoms with E-state index in [0.29, 0.717) is 0 Å². The highest BCUT2D eigenvalue weighted by molar-refractivity contribution is 7.29. The molecule has 12 aromatic rings. The van der Waals surface area contributed by atoms with Crippen molar-refractivity contribution < 1.29 is 0 Å². The van der Waals surface area contributed by atoms with Gasteiger partial charge in [0.2, 0.25) is 0 Å². The molecule has 0 amide bonds. The second kappa shape index (κ2) is 11.6. The van der Waals surface area contributed by atoms with E-state index in [-0.39, 0.29) is 0 Å². The van der Waals surface area contributed by atoms with Crippen LogP contribution in [0, 0.1) is 0 Å². The molecule has 0 nitrogen and oxygen atoms in total. The van der Waals surface area contributed by atoms with Gasteiger partial charge in [-0.15, -0.1) is 22.7 Å². The van der Waals surface area contributed by atoms with E-state index in [1.54, 1.807) is 0 Å². The molecule has 0 unspecified atom stereocenters. The van der Waals surface area contributed by atoms with Gasteiger partial charge in [0.15, 0.2) is 0 Å². The van der Waals surface area contributed by atoms with E-state index in [1.165, 1.54) is 117 Å². The molecule has 2 heteroatoms. The summed E-state index contributed by atoms with van der Waals surface area (Å²) in [4.78, 5) is 0. The van der Waals surface area contributed by atoms with Crippen LogP contribution in [-0.2, 0) is 0 Å². The molecule has 0 saturated heterocycles. The van der Waals surface area contributed by atoms with E-state index in [4.69, 9.17) is 0 Å². The zero-order valence-electron chi connectivity index (χ0n) is 29.1. The van der Waals surface area contributed by atoms with Crippen molar-refractivity contribution in [3.8, 4) is 33.4 Å². The summed E-state index contributed by atoms with van der Waals surface area (Å²) in [5.41, 5.74) is 7.66. The van der Waals surface area contributed by atoms with Crippen LogP contribution in [0.5, 0.6) is 0 Å². The molecule has 10 aromatic carbocycles. The Labute approximate surface area is 319 Å². The van der Waals surface area contributed by atoms with Crippen molar-refractivity contribution in [2.75, 3.05) is 0 Å². The largest absolute Gasteiger partial charge is 0.135 e. The van der Waals surface area contributed by atoms with Gasteiger partial charge >= 0.3 is 0 Å². The van der Waals surface area contributed by atoms with Crippen LogP contribution in [0.25, 0.3) is 117 Å². The highest BCUT2D eigenvalue weighted by atomic mass is 32.1. The number of fused-ring (bicyclic) bond motifs is 12. The van der Waals surface area contributed by atoms with Gasteiger partial charge in [-0.1, -0.05) is 170 Å². The van der Waals surface area contributed by atoms with Crippen molar-refractivity contribution in [2.45, 2.75) is 0 Å². The summed E-state index contributed by atoms with van der Waals surface area (Å²) >= 11 is 3.86. The maximum atomic E-state index is 2.46. The van der Waals surface area contributed by atoms with Gasteiger partial charge in [-0.05, 0) is 83.0 Å². The maximum Gasteiger partial charge on any atom is 0.0441 e. The average Bonchev–Trinajstić information content (AvgIpc) is 3.81. The van der Waals surface area contributed by atoms with Gasteiger partial charge in [0, 0.05) is 45.9 Å². The molecule has 0 aliphatic carbocycles. The van der Waals surface area contributed by atoms with Crippen molar-refractivity contribution in [1.82, 2.24) is 0 Å². The summed E-state index contributed by atoms with van der Waals surface area (Å²) in [7, 11) is 0. The van der Waals surface area contributed by atoms with Gasteiger partial charge in [0.1, 0.15) is 0 Å². The summed E-state index contributed by atoms with van der Waals surface area (Å²) < 4.78 is 5.41. The second-order valence-electron chi connectivity index (χ2n) is 14.3. The van der Waals surface area contributed by atoms with Crippen molar-refractivity contribution in [2.24, 2.45) is 0 Å². The third-order valence-electron chi connectivity index (χ3n) is 11.4. The fourth-order valence-electron chi connectivity index (χ4n) is 9.09. The molecule has 12 rings (SSSR count). The first kappa shape index (κ1) is 30.2. The van der Waals surface area contributed by atoms with Crippen LogP contribution in [0.15, 0.2) is 182 Å². The summed E-state index contributed by atoms with van der Waals surface area (Å²) in [5, 5.41) is 15.7. The van der Waals surface area contributed by atoms with Crippen LogP contribution in [0.3, 0.4) is 0 Å². The number of benzene rings is 10. The third kappa shape index (κ3) is 4.30. The molecule has 0 radical (unpaired) electrons. The third-order valence-corrected chi connectivity index (χ3v) is 13.8. The quantitative estimate of drug-likeness (QED) is 0.160. The smallest absolute Gasteiger partial charge is 0.0441 e. The summed E-state index contributed by atoms with van der Waals surface area (Å²) in [6, 6.07) is 67.7. The minimum Gasteiger partial charge on any atom is -0.135 e. The molecule has 250 valence electrons. The molecule has 2 heterocycles. The fourth-order valence-corrected chi connectivity index (χ4v) is 11.6. The van der Waals surface area contributed by atoms with Gasteiger partial charge in [0.05, 0.1) is 0 Å². The normalized spacial score (nSPS) is 12.1. The number of hydrogen-bond donors (Lipinski definition) is 0. The SMILES string of the molecule is c1ccc2c(-c3c4ccccc4c(-c4ccc(-c5cc6sc7ccccc7c6c6c5sc5c7ccccc7ccc56)cc4)c4ccccc34)cccc2c1. The molecule has 54 heavy (non-hydrogen) atoms. The van der Waals surface area contributed by atoms with Gasteiger partial charge in [0.25, 0.3) is 0 Å². The van der Waals surface area contributed by atoms with Crippen LogP contribution < -0.4 is 0 Å². The molecular formula is C52H30S2. The Balaban J connectivity index is 1.10. The first-order valence-corrected chi connectivity index (χ1v) is 20.1. The molecule has 0 fully saturated rings. The molecule has 0 N–H and O–H groups in total. The number of rotatable bonds is 3. The zero-order chi connectivity index (χ0) is 35.3. The standard InChI is InChI=1S/C52H30S2/c1-3-15-35-31(12-1)14-11-22-37(35)48-40-19-7-5-17-38(40)47(39-18-6-8-20-41(39)48)34-26-24-33(25-27-34)44-30-46-49(42-21-9-10-23-45(42)53-46)50-43-29-28-32-13-2-4-16-36(32)51(43)54-52(44)50/h1-30H. The van der Waals surface area contributed by atoms with Gasteiger partial charge < -0.3 is 0 Å². The van der Waals surface area contributed by atoms with Gasteiger partial charge in [-0.25, -0.2) is 0 Å². The van der Waals surface area contributed by atoms with Crippen LogP contribution in [-0.4, -0.2) is 0 Å². The molecular weight excluding hydrogens is 689 g/mol. The molecule has 0 spiro atoms. The van der Waals surface area contributed by atoms with E-state index in [2.05, 4.69) is 182 Å². The predicted molar refractivity (Wildman–Crippen MR) is 239 cm³/mol. The second-order valence-corrected chi connectivity index (χ2v) is 16.4. The first-order valence-electron chi connectivity index (χ1n) is 18.5. The lowest BCUT2D eigenvalue weighted by Crippen LogP contribution is -1.91. The number of hydrogen-bond acceptors (Lipinski definition) is 2. The first-order chi connectivity index (χ1) is 26.8. The van der Waals surface area contributed by atoms with E-state index in [9.17, 15) is 0 Å². The van der Waals surface area contributed by atoms with E-state index < -0.39 is 0 Å².